The SMILES string of the molecule is CCCCCCCCCCCCCCCCCCCCCC(=O)O[C@@H](COC(=O)CCCCCCC)COC(=O)CCCCCCCCCCC(C)C. The van der Waals surface area contributed by atoms with Gasteiger partial charge in [-0.15, -0.1) is 0 Å². The number of carbonyl (C=O) groups is 3. The number of hydrogen-bond acceptors (Lipinski definition) is 6. The van der Waals surface area contributed by atoms with E-state index in [4.69, 9.17) is 14.2 Å². The lowest BCUT2D eigenvalue weighted by Crippen LogP contribution is -2.30. The van der Waals surface area contributed by atoms with E-state index in [1.165, 1.54) is 148 Å². The van der Waals surface area contributed by atoms with Crippen molar-refractivity contribution in [2.45, 2.75) is 265 Å². The van der Waals surface area contributed by atoms with Gasteiger partial charge >= 0.3 is 17.9 Å². The van der Waals surface area contributed by atoms with Crippen molar-refractivity contribution in [1.82, 2.24) is 0 Å². The van der Waals surface area contributed by atoms with Crippen LogP contribution in [0.1, 0.15) is 259 Å². The lowest BCUT2D eigenvalue weighted by Gasteiger charge is -2.18. The van der Waals surface area contributed by atoms with Gasteiger partial charge in [0.05, 0.1) is 0 Å². The van der Waals surface area contributed by atoms with Gasteiger partial charge in [0.2, 0.25) is 0 Å². The van der Waals surface area contributed by atoms with Crippen LogP contribution in [-0.4, -0.2) is 37.2 Å². The number of hydrogen-bond donors (Lipinski definition) is 0. The Kier molecular flexibility index (Phi) is 40.3. The zero-order chi connectivity index (χ0) is 38.9. The predicted molar refractivity (Wildman–Crippen MR) is 224 cm³/mol. The van der Waals surface area contributed by atoms with Gasteiger partial charge in [0.15, 0.2) is 6.10 Å². The third-order valence-corrected chi connectivity index (χ3v) is 10.5. The van der Waals surface area contributed by atoms with Crippen LogP contribution in [0.4, 0.5) is 0 Å². The molecule has 0 saturated carbocycles. The van der Waals surface area contributed by atoms with Gasteiger partial charge in [-0.2, -0.15) is 0 Å². The highest BCUT2D eigenvalue weighted by Crippen LogP contribution is 2.16. The number of unbranched alkanes of at least 4 members (excludes halogenated alkanes) is 29. The van der Waals surface area contributed by atoms with Gasteiger partial charge in [0.1, 0.15) is 13.2 Å². The molecule has 0 aliphatic carbocycles. The van der Waals surface area contributed by atoms with Crippen molar-refractivity contribution in [3.05, 3.63) is 0 Å². The second-order valence-electron chi connectivity index (χ2n) is 16.5. The summed E-state index contributed by atoms with van der Waals surface area (Å²) in [6.07, 6.45) is 41.3. The number of ether oxygens (including phenoxy) is 3. The first-order valence-electron chi connectivity index (χ1n) is 23.4. The van der Waals surface area contributed by atoms with Crippen LogP contribution in [0.15, 0.2) is 0 Å². The number of rotatable bonds is 42. The summed E-state index contributed by atoms with van der Waals surface area (Å²) in [5, 5.41) is 0. The average molecular weight is 751 g/mol. The van der Waals surface area contributed by atoms with Gasteiger partial charge < -0.3 is 14.2 Å². The molecule has 0 radical (unpaired) electrons. The normalized spacial score (nSPS) is 11.9. The molecule has 0 aromatic rings. The van der Waals surface area contributed by atoms with Crippen LogP contribution >= 0.6 is 0 Å². The summed E-state index contributed by atoms with van der Waals surface area (Å²) in [6.45, 7) is 8.89. The molecule has 0 aromatic carbocycles. The molecule has 53 heavy (non-hydrogen) atoms. The molecule has 0 rings (SSSR count). The monoisotopic (exact) mass is 751 g/mol. The molecule has 0 spiro atoms. The summed E-state index contributed by atoms with van der Waals surface area (Å²) in [7, 11) is 0. The van der Waals surface area contributed by atoms with Gasteiger partial charge in [0, 0.05) is 19.3 Å². The standard InChI is InChI=1S/C47H90O6/c1-5-7-9-11-12-13-14-15-16-17-18-19-20-21-22-23-28-32-36-40-47(50)53-44(41-51-45(48)38-34-29-10-8-6-2)42-52-46(49)39-35-31-27-25-24-26-30-33-37-43(3)4/h43-44H,5-42H2,1-4H3/t44-/m0/s1. The van der Waals surface area contributed by atoms with Gasteiger partial charge in [-0.05, 0) is 25.2 Å². The second-order valence-corrected chi connectivity index (χ2v) is 16.5. The maximum absolute atomic E-state index is 12.7. The molecule has 0 N–H and O–H groups in total. The summed E-state index contributed by atoms with van der Waals surface area (Å²) in [5.41, 5.74) is 0. The molecule has 6 heteroatoms. The molecular weight excluding hydrogens is 661 g/mol. The fourth-order valence-electron chi connectivity index (χ4n) is 6.98. The lowest BCUT2D eigenvalue weighted by atomic mass is 10.0. The molecule has 6 nitrogen and oxygen atoms in total. The minimum atomic E-state index is -0.758. The molecule has 0 heterocycles. The quantitative estimate of drug-likeness (QED) is 0.0351. The van der Waals surface area contributed by atoms with E-state index in [-0.39, 0.29) is 31.1 Å². The zero-order valence-electron chi connectivity index (χ0n) is 36.0. The highest BCUT2D eigenvalue weighted by molar-refractivity contribution is 5.71. The molecule has 0 bridgehead atoms. The topological polar surface area (TPSA) is 78.9 Å². The Balaban J connectivity index is 4.12. The zero-order valence-corrected chi connectivity index (χ0v) is 36.0. The van der Waals surface area contributed by atoms with Crippen LogP contribution in [0.25, 0.3) is 0 Å². The van der Waals surface area contributed by atoms with E-state index in [1.807, 2.05) is 0 Å². The van der Waals surface area contributed by atoms with E-state index < -0.39 is 6.10 Å². The number of esters is 3. The fourth-order valence-corrected chi connectivity index (χ4v) is 6.98. The van der Waals surface area contributed by atoms with Crippen molar-refractivity contribution in [1.29, 1.82) is 0 Å². The van der Waals surface area contributed by atoms with Crippen molar-refractivity contribution >= 4 is 17.9 Å². The Morgan fingerprint density at radius 3 is 0.925 bits per heavy atom. The van der Waals surface area contributed by atoms with E-state index in [1.54, 1.807) is 0 Å². The molecule has 0 aliphatic heterocycles. The first-order valence-corrected chi connectivity index (χ1v) is 23.4. The van der Waals surface area contributed by atoms with Gasteiger partial charge in [-0.25, -0.2) is 0 Å². The Morgan fingerprint density at radius 2 is 0.623 bits per heavy atom. The molecular formula is C47H90O6. The van der Waals surface area contributed by atoms with Crippen LogP contribution in [0.2, 0.25) is 0 Å². The minimum absolute atomic E-state index is 0.0656. The Morgan fingerprint density at radius 1 is 0.358 bits per heavy atom. The maximum atomic E-state index is 12.7. The molecule has 0 unspecified atom stereocenters. The van der Waals surface area contributed by atoms with Crippen LogP contribution < -0.4 is 0 Å². The van der Waals surface area contributed by atoms with Crippen molar-refractivity contribution in [3.8, 4) is 0 Å². The second kappa shape index (κ2) is 41.6. The average Bonchev–Trinajstić information content (AvgIpc) is 3.14. The van der Waals surface area contributed by atoms with Crippen LogP contribution in [0.5, 0.6) is 0 Å². The van der Waals surface area contributed by atoms with E-state index >= 15 is 0 Å². The summed E-state index contributed by atoms with van der Waals surface area (Å²) < 4.78 is 16.6. The van der Waals surface area contributed by atoms with Crippen molar-refractivity contribution in [2.75, 3.05) is 13.2 Å². The molecule has 0 aromatic heterocycles. The Labute approximate surface area is 329 Å². The van der Waals surface area contributed by atoms with Crippen molar-refractivity contribution < 1.29 is 28.6 Å². The van der Waals surface area contributed by atoms with Crippen molar-refractivity contribution in [3.63, 3.8) is 0 Å². The summed E-state index contributed by atoms with van der Waals surface area (Å²) in [6, 6.07) is 0. The molecule has 0 fully saturated rings. The van der Waals surface area contributed by atoms with E-state index in [2.05, 4.69) is 27.7 Å². The lowest BCUT2D eigenvalue weighted by molar-refractivity contribution is -0.167. The molecule has 1 atom stereocenters. The third-order valence-electron chi connectivity index (χ3n) is 10.5. The van der Waals surface area contributed by atoms with Gasteiger partial charge in [-0.3, -0.25) is 14.4 Å². The van der Waals surface area contributed by atoms with Crippen LogP contribution in [0.3, 0.4) is 0 Å². The fraction of sp³-hybridized carbons (Fsp3) is 0.936. The van der Waals surface area contributed by atoms with Gasteiger partial charge in [-0.1, -0.05) is 220 Å². The third kappa shape index (κ3) is 41.4. The minimum Gasteiger partial charge on any atom is -0.462 e. The molecule has 314 valence electrons. The Bertz CT molecular complexity index is 796. The van der Waals surface area contributed by atoms with Gasteiger partial charge in [0.25, 0.3) is 0 Å². The predicted octanol–water partition coefficient (Wildman–Crippen LogP) is 14.7. The summed E-state index contributed by atoms with van der Waals surface area (Å²) >= 11 is 0. The van der Waals surface area contributed by atoms with E-state index in [0.29, 0.717) is 19.3 Å². The first-order chi connectivity index (χ1) is 25.9. The van der Waals surface area contributed by atoms with Crippen LogP contribution in [-0.2, 0) is 28.6 Å². The largest absolute Gasteiger partial charge is 0.462 e. The van der Waals surface area contributed by atoms with Crippen molar-refractivity contribution in [2.24, 2.45) is 5.92 Å². The molecule has 0 amide bonds. The molecule has 0 saturated heterocycles. The van der Waals surface area contributed by atoms with E-state index in [0.717, 1.165) is 70.1 Å². The molecule has 0 aliphatic rings. The summed E-state index contributed by atoms with van der Waals surface area (Å²) in [4.78, 5) is 37.5. The first kappa shape index (κ1) is 51.4. The Hall–Kier alpha value is -1.59. The highest BCUT2D eigenvalue weighted by Gasteiger charge is 2.19. The van der Waals surface area contributed by atoms with E-state index in [9.17, 15) is 14.4 Å². The maximum Gasteiger partial charge on any atom is 0.306 e. The smallest absolute Gasteiger partial charge is 0.306 e. The number of carbonyl (C=O) groups excluding carboxylic acids is 3. The summed E-state index contributed by atoms with van der Waals surface area (Å²) in [5.74, 6) is -0.0725. The van der Waals surface area contributed by atoms with Crippen LogP contribution in [0, 0.1) is 5.92 Å². The highest BCUT2D eigenvalue weighted by atomic mass is 16.6.